The number of quaternary nitrogens is 1. The maximum Gasteiger partial charge on any atom is 0.362 e. The molecule has 0 amide bonds. The number of aliphatic carboxylic acids is 1. The monoisotopic (exact) mass is 300 g/mol. The maximum atomic E-state index is 11.6. The van der Waals surface area contributed by atoms with Gasteiger partial charge in [0.25, 0.3) is 0 Å². The average molecular weight is 300 g/mol. The Hall–Kier alpha value is -0.870. The van der Waals surface area contributed by atoms with Gasteiger partial charge in [-0.15, -0.1) is 0 Å². The van der Waals surface area contributed by atoms with Crippen LogP contribution < -0.4 is 0 Å². The molecule has 0 saturated heterocycles. The highest BCUT2D eigenvalue weighted by molar-refractivity contribution is 5.72. The molecule has 0 aromatic carbocycles. The number of unbranched alkanes of at least 4 members (excludes halogenated alkanes) is 1. The van der Waals surface area contributed by atoms with Crippen molar-refractivity contribution >= 4 is 5.97 Å². The number of carbonyl (C=O) groups is 1. The smallest absolute Gasteiger partial charge is 0.362 e. The zero-order valence-electron chi connectivity index (χ0n) is 14.2. The van der Waals surface area contributed by atoms with E-state index in [4.69, 9.17) is 0 Å². The van der Waals surface area contributed by atoms with Crippen molar-refractivity contribution in [2.45, 2.75) is 71.9 Å². The number of carboxylic acid groups (broad SMARTS) is 1. The van der Waals surface area contributed by atoms with Crippen LogP contribution in [0, 0.1) is 0 Å². The predicted molar refractivity (Wildman–Crippen MR) is 87.2 cm³/mol. The lowest BCUT2D eigenvalue weighted by atomic mass is 10.0. The third-order valence-corrected chi connectivity index (χ3v) is 4.49. The van der Waals surface area contributed by atoms with Crippen LogP contribution >= 0.6 is 0 Å². The molecule has 0 fully saturated rings. The summed E-state index contributed by atoms with van der Waals surface area (Å²) in [7, 11) is 0. The lowest BCUT2D eigenvalue weighted by molar-refractivity contribution is -0.943. The second-order valence-corrected chi connectivity index (χ2v) is 5.83. The van der Waals surface area contributed by atoms with Crippen LogP contribution in [0.25, 0.3) is 0 Å². The van der Waals surface area contributed by atoms with E-state index in [-0.39, 0.29) is 0 Å². The number of nitrogens with zero attached hydrogens (tertiary/aromatic N) is 1. The molecule has 0 aliphatic heterocycles. The molecule has 0 heterocycles. The Morgan fingerprint density at radius 2 is 1.81 bits per heavy atom. The van der Waals surface area contributed by atoms with Crippen LogP contribution in [-0.4, -0.2) is 52.4 Å². The van der Waals surface area contributed by atoms with Gasteiger partial charge >= 0.3 is 5.97 Å². The van der Waals surface area contributed by atoms with Gasteiger partial charge in [0.05, 0.1) is 13.1 Å². The van der Waals surface area contributed by atoms with Crippen molar-refractivity contribution in [3.8, 4) is 0 Å². The maximum absolute atomic E-state index is 11.6. The zero-order chi connectivity index (χ0) is 16.3. The number of hydrogen-bond donors (Lipinski definition) is 2. The van der Waals surface area contributed by atoms with Crippen molar-refractivity contribution < 1.29 is 19.5 Å². The summed E-state index contributed by atoms with van der Waals surface area (Å²) >= 11 is 0. The molecule has 0 aliphatic carbocycles. The topological polar surface area (TPSA) is 57.5 Å². The van der Waals surface area contributed by atoms with Gasteiger partial charge in [-0.25, -0.2) is 4.79 Å². The first-order valence-corrected chi connectivity index (χ1v) is 8.35. The fourth-order valence-corrected chi connectivity index (χ4v) is 3.10. The molecule has 0 bridgehead atoms. The van der Waals surface area contributed by atoms with Gasteiger partial charge in [0.2, 0.25) is 0 Å². The fraction of sp³-hybridized carbons (Fsp3) is 0.824. The Kier molecular flexibility index (Phi) is 10.4. The minimum atomic E-state index is -0.735. The molecule has 124 valence electrons. The van der Waals surface area contributed by atoms with Crippen molar-refractivity contribution in [1.29, 1.82) is 0 Å². The number of rotatable bonds is 12. The Bertz CT molecular complexity index is 311. The van der Waals surface area contributed by atoms with Crippen molar-refractivity contribution in [3.05, 3.63) is 12.2 Å². The molecule has 0 spiro atoms. The summed E-state index contributed by atoms with van der Waals surface area (Å²) in [5, 5.41) is 19.9. The molecule has 4 heteroatoms. The highest BCUT2D eigenvalue weighted by Gasteiger charge is 2.40. The van der Waals surface area contributed by atoms with E-state index in [1.54, 1.807) is 0 Å². The molecular weight excluding hydrogens is 266 g/mol. The van der Waals surface area contributed by atoms with E-state index in [1.165, 1.54) is 0 Å². The largest absolute Gasteiger partial charge is 0.477 e. The quantitative estimate of drug-likeness (QED) is 0.330. The van der Waals surface area contributed by atoms with Gasteiger partial charge in [0.15, 0.2) is 6.04 Å². The average Bonchev–Trinajstić information content (AvgIpc) is 2.47. The molecule has 0 rings (SSSR count). The number of hydrogen-bond acceptors (Lipinski definition) is 2. The summed E-state index contributed by atoms with van der Waals surface area (Å²) < 4.78 is 0.480. The molecule has 4 nitrogen and oxygen atoms in total. The van der Waals surface area contributed by atoms with E-state index in [2.05, 4.69) is 6.08 Å². The highest BCUT2D eigenvalue weighted by atomic mass is 16.4. The predicted octanol–water partition coefficient (Wildman–Crippen LogP) is 3.20. The number of aliphatic hydroxyl groups is 1. The standard InChI is InChI=1S/C17H33NO3/c1-5-9-10-11-13-15(19)14-18(7-3,8-4)16(12-6-2)17(20)21/h5,9,15-16,19H,6-8,10-14H2,1-4H3/p+1/b9-5+. The minimum Gasteiger partial charge on any atom is -0.477 e. The van der Waals surface area contributed by atoms with Crippen LogP contribution in [0.15, 0.2) is 12.2 Å². The van der Waals surface area contributed by atoms with Crippen molar-refractivity contribution in [3.63, 3.8) is 0 Å². The Morgan fingerprint density at radius 3 is 2.24 bits per heavy atom. The van der Waals surface area contributed by atoms with E-state index in [0.717, 1.165) is 38.8 Å². The first-order valence-electron chi connectivity index (χ1n) is 8.35. The molecule has 0 aromatic rings. The van der Waals surface area contributed by atoms with Crippen molar-refractivity contribution in [2.24, 2.45) is 0 Å². The summed E-state index contributed by atoms with van der Waals surface area (Å²) in [6, 6.07) is -0.407. The molecule has 0 radical (unpaired) electrons. The number of allylic oxidation sites excluding steroid dienone is 2. The second kappa shape index (κ2) is 10.8. The second-order valence-electron chi connectivity index (χ2n) is 5.83. The number of likely N-dealkylation sites (N-methyl/N-ethyl adjacent to an activating group) is 1. The summed E-state index contributed by atoms with van der Waals surface area (Å²) in [6.45, 7) is 10.1. The Morgan fingerprint density at radius 1 is 1.19 bits per heavy atom. The minimum absolute atomic E-state index is 0.407. The summed E-state index contributed by atoms with van der Waals surface area (Å²) in [4.78, 5) is 11.6. The fourth-order valence-electron chi connectivity index (χ4n) is 3.10. The van der Waals surface area contributed by atoms with Crippen LogP contribution in [0.2, 0.25) is 0 Å². The molecule has 21 heavy (non-hydrogen) atoms. The van der Waals surface area contributed by atoms with Gasteiger partial charge in [-0.3, -0.25) is 0 Å². The lowest BCUT2D eigenvalue weighted by Crippen LogP contribution is -2.61. The normalized spacial score (nSPS) is 15.3. The molecule has 2 atom stereocenters. The van der Waals surface area contributed by atoms with E-state index in [0.29, 0.717) is 17.4 Å². The third kappa shape index (κ3) is 6.62. The molecule has 2 N–H and O–H groups in total. The molecule has 0 saturated carbocycles. The molecular formula is C17H34NO3+. The van der Waals surface area contributed by atoms with Crippen LogP contribution in [-0.2, 0) is 4.79 Å². The Balaban J connectivity index is 4.80. The SMILES string of the molecule is C/C=C/CCCC(O)C[N+](CC)(CC)C(CCC)C(=O)O. The summed E-state index contributed by atoms with van der Waals surface area (Å²) in [5.74, 6) is -0.735. The summed E-state index contributed by atoms with van der Waals surface area (Å²) in [6.07, 6.45) is 7.89. The van der Waals surface area contributed by atoms with Crippen LogP contribution in [0.1, 0.15) is 59.8 Å². The first-order chi connectivity index (χ1) is 9.97. The Labute approximate surface area is 130 Å². The summed E-state index contributed by atoms with van der Waals surface area (Å²) in [5.41, 5.74) is 0. The van der Waals surface area contributed by atoms with Gasteiger partial charge in [0.1, 0.15) is 12.6 Å². The molecule has 0 aliphatic rings. The van der Waals surface area contributed by atoms with E-state index >= 15 is 0 Å². The lowest BCUT2D eigenvalue weighted by Gasteiger charge is -2.43. The third-order valence-electron chi connectivity index (χ3n) is 4.49. The molecule has 0 aromatic heterocycles. The van der Waals surface area contributed by atoms with E-state index in [1.807, 2.05) is 33.8 Å². The highest BCUT2D eigenvalue weighted by Crippen LogP contribution is 2.21. The number of aliphatic hydroxyl groups excluding tert-OH is 1. The van der Waals surface area contributed by atoms with Crippen LogP contribution in [0.5, 0.6) is 0 Å². The van der Waals surface area contributed by atoms with E-state index < -0.39 is 18.1 Å². The van der Waals surface area contributed by atoms with Crippen molar-refractivity contribution in [1.82, 2.24) is 0 Å². The van der Waals surface area contributed by atoms with Gasteiger partial charge in [-0.05, 0) is 46.5 Å². The molecule has 2 unspecified atom stereocenters. The van der Waals surface area contributed by atoms with Gasteiger partial charge in [-0.1, -0.05) is 19.1 Å². The zero-order valence-corrected chi connectivity index (χ0v) is 14.2. The van der Waals surface area contributed by atoms with Crippen molar-refractivity contribution in [2.75, 3.05) is 19.6 Å². The van der Waals surface area contributed by atoms with E-state index in [9.17, 15) is 15.0 Å². The van der Waals surface area contributed by atoms with Crippen LogP contribution in [0.3, 0.4) is 0 Å². The first kappa shape index (κ1) is 20.1. The van der Waals surface area contributed by atoms with Gasteiger partial charge in [-0.2, -0.15) is 0 Å². The van der Waals surface area contributed by atoms with Gasteiger partial charge in [0, 0.05) is 6.42 Å². The van der Waals surface area contributed by atoms with Crippen LogP contribution in [0.4, 0.5) is 0 Å². The van der Waals surface area contributed by atoms with Gasteiger partial charge < -0.3 is 14.7 Å². The number of carboxylic acids is 1.